The Kier molecular flexibility index (Phi) is 6.09. The molecule has 0 aliphatic rings. The van der Waals surface area contributed by atoms with Gasteiger partial charge in [-0.1, -0.05) is 41.9 Å². The molecule has 3 rings (SSSR count). The van der Waals surface area contributed by atoms with Gasteiger partial charge in [0.2, 0.25) is 5.88 Å². The third kappa shape index (κ3) is 4.87. The second-order valence-corrected chi connectivity index (χ2v) is 6.29. The summed E-state index contributed by atoms with van der Waals surface area (Å²) in [4.78, 5) is 12.2. The van der Waals surface area contributed by atoms with Crippen LogP contribution in [0, 0.1) is 0 Å². The molecule has 6 nitrogen and oxygen atoms in total. The minimum Gasteiger partial charge on any atom is -0.467 e. The molecule has 0 atom stereocenters. The molecule has 0 fully saturated rings. The molecule has 2 aromatic carbocycles. The lowest BCUT2D eigenvalue weighted by Crippen LogP contribution is -2.21. The number of halogens is 4. The molecule has 0 aliphatic carbocycles. The van der Waals surface area contributed by atoms with Gasteiger partial charge < -0.3 is 15.2 Å². The first-order valence-electron chi connectivity index (χ1n) is 8.33. The summed E-state index contributed by atoms with van der Waals surface area (Å²) in [7, 11) is 0. The molecule has 0 radical (unpaired) electrons. The SMILES string of the molecule is O=C(COc1cc(C(F)(F)F)nn1-c1ccccc1Cl)Nc1ccccc1CO. The standard InChI is InChI=1S/C19H15ClF3N3O3/c20-13-6-2-4-8-15(13)26-18(9-16(25-26)19(21,22)23)29-11-17(28)24-14-7-3-1-5-12(14)10-27/h1-9,27H,10-11H2,(H,24,28). The number of anilines is 1. The Morgan fingerprint density at radius 2 is 1.86 bits per heavy atom. The normalized spacial score (nSPS) is 11.3. The zero-order valence-electron chi connectivity index (χ0n) is 14.8. The third-order valence-corrected chi connectivity index (χ3v) is 4.18. The van der Waals surface area contributed by atoms with Crippen LogP contribution in [0.15, 0.2) is 54.6 Å². The van der Waals surface area contributed by atoms with Gasteiger partial charge in [0.15, 0.2) is 12.3 Å². The molecule has 0 bridgehead atoms. The maximum atomic E-state index is 13.1. The summed E-state index contributed by atoms with van der Waals surface area (Å²) in [5.41, 5.74) is -0.148. The van der Waals surface area contributed by atoms with E-state index in [4.69, 9.17) is 16.3 Å². The molecule has 0 aliphatic heterocycles. The van der Waals surface area contributed by atoms with E-state index in [1.165, 1.54) is 12.1 Å². The van der Waals surface area contributed by atoms with E-state index in [0.717, 1.165) is 4.68 Å². The van der Waals surface area contributed by atoms with Gasteiger partial charge in [-0.2, -0.15) is 23.0 Å². The van der Waals surface area contributed by atoms with Crippen molar-refractivity contribution >= 4 is 23.2 Å². The van der Waals surface area contributed by atoms with E-state index in [9.17, 15) is 23.1 Å². The van der Waals surface area contributed by atoms with E-state index >= 15 is 0 Å². The van der Waals surface area contributed by atoms with Crippen molar-refractivity contribution in [3.63, 3.8) is 0 Å². The van der Waals surface area contributed by atoms with Gasteiger partial charge in [0.25, 0.3) is 5.91 Å². The Labute approximate surface area is 168 Å². The van der Waals surface area contributed by atoms with Crippen molar-refractivity contribution in [1.82, 2.24) is 9.78 Å². The maximum Gasteiger partial charge on any atom is 0.435 e. The minimum atomic E-state index is -4.70. The number of amides is 1. The lowest BCUT2D eigenvalue weighted by Gasteiger charge is -2.12. The zero-order valence-corrected chi connectivity index (χ0v) is 15.5. The van der Waals surface area contributed by atoms with Crippen LogP contribution in [0.25, 0.3) is 5.69 Å². The highest BCUT2D eigenvalue weighted by atomic mass is 35.5. The molecule has 2 N–H and O–H groups in total. The molecule has 0 spiro atoms. The number of para-hydroxylation sites is 2. The highest BCUT2D eigenvalue weighted by Gasteiger charge is 2.36. The number of aromatic nitrogens is 2. The van der Waals surface area contributed by atoms with Crippen LogP contribution in [0.2, 0.25) is 5.02 Å². The second-order valence-electron chi connectivity index (χ2n) is 5.88. The largest absolute Gasteiger partial charge is 0.467 e. The van der Waals surface area contributed by atoms with Gasteiger partial charge in [-0.25, -0.2) is 0 Å². The van der Waals surface area contributed by atoms with Crippen LogP contribution in [0.4, 0.5) is 18.9 Å². The van der Waals surface area contributed by atoms with Crippen LogP contribution in [0.1, 0.15) is 11.3 Å². The number of ether oxygens (including phenoxy) is 1. The molecule has 0 saturated heterocycles. The summed E-state index contributed by atoms with van der Waals surface area (Å²) in [5.74, 6) is -0.914. The predicted octanol–water partition coefficient (Wildman–Crippen LogP) is 4.05. The van der Waals surface area contributed by atoms with Gasteiger partial charge in [0.05, 0.1) is 17.3 Å². The Morgan fingerprint density at radius 3 is 2.55 bits per heavy atom. The number of nitrogens with one attached hydrogen (secondary N) is 1. The molecule has 152 valence electrons. The second kappa shape index (κ2) is 8.54. The van der Waals surface area contributed by atoms with Crippen molar-refractivity contribution in [3.8, 4) is 11.6 Å². The lowest BCUT2D eigenvalue weighted by molar-refractivity contribution is -0.141. The number of rotatable bonds is 6. The predicted molar refractivity (Wildman–Crippen MR) is 100 cm³/mol. The van der Waals surface area contributed by atoms with Gasteiger partial charge in [-0.3, -0.25) is 4.79 Å². The average Bonchev–Trinajstić information content (AvgIpc) is 3.12. The Bertz CT molecular complexity index is 1020. The molecule has 1 amide bonds. The van der Waals surface area contributed by atoms with Crippen LogP contribution in [-0.4, -0.2) is 27.4 Å². The fourth-order valence-electron chi connectivity index (χ4n) is 2.51. The van der Waals surface area contributed by atoms with Crippen LogP contribution in [0.3, 0.4) is 0 Å². The molecule has 10 heteroatoms. The van der Waals surface area contributed by atoms with Crippen molar-refractivity contribution in [2.45, 2.75) is 12.8 Å². The van der Waals surface area contributed by atoms with Gasteiger partial charge in [-0.05, 0) is 18.2 Å². The van der Waals surface area contributed by atoms with E-state index in [2.05, 4.69) is 10.4 Å². The number of nitrogens with zero attached hydrogens (tertiary/aromatic N) is 2. The highest BCUT2D eigenvalue weighted by Crippen LogP contribution is 2.33. The van der Waals surface area contributed by atoms with Crippen LogP contribution in [0.5, 0.6) is 5.88 Å². The fraction of sp³-hybridized carbons (Fsp3) is 0.158. The maximum absolute atomic E-state index is 13.1. The molecule has 1 heterocycles. The molecule has 0 saturated carbocycles. The first-order chi connectivity index (χ1) is 13.8. The monoisotopic (exact) mass is 425 g/mol. The molecular weight excluding hydrogens is 411 g/mol. The first-order valence-corrected chi connectivity index (χ1v) is 8.71. The number of benzene rings is 2. The van der Waals surface area contributed by atoms with E-state index in [1.807, 2.05) is 0 Å². The summed E-state index contributed by atoms with van der Waals surface area (Å²) in [6, 6.07) is 13.4. The molecular formula is C19H15ClF3N3O3. The smallest absolute Gasteiger partial charge is 0.435 e. The Balaban J connectivity index is 1.82. The van der Waals surface area contributed by atoms with Crippen LogP contribution in [-0.2, 0) is 17.6 Å². The summed E-state index contributed by atoms with van der Waals surface area (Å²) >= 11 is 6.06. The number of hydrogen-bond acceptors (Lipinski definition) is 4. The number of alkyl halides is 3. The quantitative estimate of drug-likeness (QED) is 0.624. The van der Waals surface area contributed by atoms with Gasteiger partial charge in [0, 0.05) is 17.3 Å². The topological polar surface area (TPSA) is 76.4 Å². The lowest BCUT2D eigenvalue weighted by atomic mass is 10.2. The van der Waals surface area contributed by atoms with Crippen LogP contribution < -0.4 is 10.1 Å². The minimum absolute atomic E-state index is 0.162. The number of carbonyl (C=O) groups is 1. The van der Waals surface area contributed by atoms with E-state index in [1.54, 1.807) is 36.4 Å². The average molecular weight is 426 g/mol. The summed E-state index contributed by atoms with van der Waals surface area (Å²) < 4.78 is 45.5. The summed E-state index contributed by atoms with van der Waals surface area (Å²) in [5, 5.41) is 15.5. The third-order valence-electron chi connectivity index (χ3n) is 3.86. The molecule has 3 aromatic rings. The molecule has 0 unspecified atom stereocenters. The van der Waals surface area contributed by atoms with Crippen molar-refractivity contribution in [2.75, 3.05) is 11.9 Å². The molecule has 29 heavy (non-hydrogen) atoms. The van der Waals surface area contributed by atoms with Crippen molar-refractivity contribution < 1.29 is 27.8 Å². The highest BCUT2D eigenvalue weighted by molar-refractivity contribution is 6.32. The van der Waals surface area contributed by atoms with Crippen molar-refractivity contribution in [3.05, 3.63) is 70.9 Å². The van der Waals surface area contributed by atoms with E-state index in [-0.39, 0.29) is 23.2 Å². The summed E-state index contributed by atoms with van der Waals surface area (Å²) in [6.45, 7) is -0.862. The summed E-state index contributed by atoms with van der Waals surface area (Å²) in [6.07, 6.45) is -4.70. The Morgan fingerprint density at radius 1 is 1.17 bits per heavy atom. The van der Waals surface area contributed by atoms with E-state index < -0.39 is 24.4 Å². The fourth-order valence-corrected chi connectivity index (χ4v) is 2.72. The number of hydrogen-bond donors (Lipinski definition) is 2. The van der Waals surface area contributed by atoms with Crippen LogP contribution >= 0.6 is 11.6 Å². The number of aliphatic hydroxyl groups is 1. The first kappa shape index (κ1) is 20.7. The van der Waals surface area contributed by atoms with Gasteiger partial charge in [0.1, 0.15) is 0 Å². The van der Waals surface area contributed by atoms with Crippen molar-refractivity contribution in [2.24, 2.45) is 0 Å². The van der Waals surface area contributed by atoms with Crippen molar-refractivity contribution in [1.29, 1.82) is 0 Å². The van der Waals surface area contributed by atoms with Gasteiger partial charge in [-0.15, -0.1) is 0 Å². The van der Waals surface area contributed by atoms with Gasteiger partial charge >= 0.3 is 6.18 Å². The zero-order chi connectivity index (χ0) is 21.0. The Hall–Kier alpha value is -3.04. The molecule has 1 aromatic heterocycles. The van der Waals surface area contributed by atoms with E-state index in [0.29, 0.717) is 17.3 Å². The number of aliphatic hydroxyl groups excluding tert-OH is 1. The number of carbonyl (C=O) groups excluding carboxylic acids is 1.